The number of allylic oxidation sites excluding steroid dienone is 1. The Hall–Kier alpha value is -1.48. The first-order chi connectivity index (χ1) is 8.06. The largest absolute Gasteiger partial charge is 0.399 e. The summed E-state index contributed by atoms with van der Waals surface area (Å²) < 4.78 is 0. The summed E-state index contributed by atoms with van der Waals surface area (Å²) in [5.41, 5.74) is 6.64. The molecule has 0 spiro atoms. The number of carbonyl (C=O) groups is 1. The van der Waals surface area contributed by atoms with Gasteiger partial charge in [0.2, 0.25) is 0 Å². The summed E-state index contributed by atoms with van der Waals surface area (Å²) in [6.07, 6.45) is 3.62. The average Bonchev–Trinajstić information content (AvgIpc) is 2.31. The van der Waals surface area contributed by atoms with E-state index in [2.05, 4.69) is 6.58 Å². The number of rotatable bonds is 5. The van der Waals surface area contributed by atoms with Gasteiger partial charge in [-0.1, -0.05) is 17.7 Å². The number of nitrogens with two attached hydrogens (primary N) is 1. The second kappa shape index (κ2) is 6.30. The number of amides is 1. The summed E-state index contributed by atoms with van der Waals surface area (Å²) in [4.78, 5) is 13.7. The highest BCUT2D eigenvalue weighted by atomic mass is 35.5. The van der Waals surface area contributed by atoms with Crippen LogP contribution in [0.15, 0.2) is 30.9 Å². The summed E-state index contributed by atoms with van der Waals surface area (Å²) in [5.74, 6) is -0.105. The van der Waals surface area contributed by atoms with Gasteiger partial charge in [0, 0.05) is 19.3 Å². The Kier molecular flexibility index (Phi) is 5.04. The predicted molar refractivity (Wildman–Crippen MR) is 72.3 cm³/mol. The minimum absolute atomic E-state index is 0.105. The molecule has 0 saturated carbocycles. The molecular weight excluding hydrogens is 236 g/mol. The zero-order valence-electron chi connectivity index (χ0n) is 9.95. The van der Waals surface area contributed by atoms with Crippen LogP contribution in [0.1, 0.15) is 23.2 Å². The van der Waals surface area contributed by atoms with Crippen LogP contribution in [-0.2, 0) is 0 Å². The van der Waals surface area contributed by atoms with Gasteiger partial charge in [-0.05, 0) is 31.0 Å². The summed E-state index contributed by atoms with van der Waals surface area (Å²) in [5, 5.41) is 0.430. The van der Waals surface area contributed by atoms with E-state index in [1.165, 1.54) is 0 Å². The molecular formula is C13H17ClN2O. The van der Waals surface area contributed by atoms with Crippen LogP contribution in [0.2, 0.25) is 5.02 Å². The number of halogens is 1. The molecule has 3 nitrogen and oxygen atoms in total. The minimum atomic E-state index is -0.105. The number of nitrogen functional groups attached to an aromatic ring is 1. The van der Waals surface area contributed by atoms with Gasteiger partial charge in [-0.15, -0.1) is 6.58 Å². The number of benzene rings is 1. The smallest absolute Gasteiger partial charge is 0.255 e. The summed E-state index contributed by atoms with van der Waals surface area (Å²) in [6.45, 7) is 4.32. The topological polar surface area (TPSA) is 46.3 Å². The Balaban J connectivity index is 2.74. The molecule has 1 rings (SSSR count). The fourth-order valence-corrected chi connectivity index (χ4v) is 1.69. The zero-order chi connectivity index (χ0) is 12.8. The van der Waals surface area contributed by atoms with Crippen molar-refractivity contribution >= 4 is 23.2 Å². The molecule has 0 radical (unpaired) electrons. The SMILES string of the molecule is C=CCCCN(C)C(=O)c1cc(N)ccc1Cl. The van der Waals surface area contributed by atoms with Crippen molar-refractivity contribution in [3.8, 4) is 0 Å². The maximum absolute atomic E-state index is 12.1. The lowest BCUT2D eigenvalue weighted by Crippen LogP contribution is -2.28. The number of hydrogen-bond donors (Lipinski definition) is 1. The highest BCUT2D eigenvalue weighted by molar-refractivity contribution is 6.33. The molecule has 17 heavy (non-hydrogen) atoms. The molecule has 0 saturated heterocycles. The van der Waals surface area contributed by atoms with E-state index in [0.29, 0.717) is 22.8 Å². The lowest BCUT2D eigenvalue weighted by Gasteiger charge is -2.17. The Morgan fingerprint density at radius 2 is 2.29 bits per heavy atom. The van der Waals surface area contributed by atoms with Gasteiger partial charge in [0.15, 0.2) is 0 Å². The van der Waals surface area contributed by atoms with Gasteiger partial charge < -0.3 is 10.6 Å². The summed E-state index contributed by atoms with van der Waals surface area (Å²) >= 11 is 5.98. The monoisotopic (exact) mass is 252 g/mol. The van der Waals surface area contributed by atoms with Gasteiger partial charge >= 0.3 is 0 Å². The van der Waals surface area contributed by atoms with Crippen molar-refractivity contribution < 1.29 is 4.79 Å². The third-order valence-electron chi connectivity index (χ3n) is 2.47. The number of unbranched alkanes of at least 4 members (excludes halogenated alkanes) is 1. The van der Waals surface area contributed by atoms with E-state index in [4.69, 9.17) is 17.3 Å². The molecule has 0 heterocycles. The fraction of sp³-hybridized carbons (Fsp3) is 0.308. The van der Waals surface area contributed by atoms with Gasteiger partial charge in [0.1, 0.15) is 0 Å². The van der Waals surface area contributed by atoms with Gasteiger partial charge in [-0.25, -0.2) is 0 Å². The maximum Gasteiger partial charge on any atom is 0.255 e. The molecule has 0 bridgehead atoms. The normalized spacial score (nSPS) is 10.0. The Morgan fingerprint density at radius 1 is 1.59 bits per heavy atom. The summed E-state index contributed by atoms with van der Waals surface area (Å²) in [7, 11) is 1.75. The zero-order valence-corrected chi connectivity index (χ0v) is 10.7. The van der Waals surface area contributed by atoms with Crippen LogP contribution in [0.5, 0.6) is 0 Å². The van der Waals surface area contributed by atoms with Crippen molar-refractivity contribution in [2.75, 3.05) is 19.3 Å². The molecule has 1 aromatic rings. The molecule has 4 heteroatoms. The van der Waals surface area contributed by atoms with E-state index < -0.39 is 0 Å². The lowest BCUT2D eigenvalue weighted by molar-refractivity contribution is 0.0794. The molecule has 0 aromatic heterocycles. The van der Waals surface area contributed by atoms with Crippen molar-refractivity contribution in [1.82, 2.24) is 4.90 Å². The second-order valence-corrected chi connectivity index (χ2v) is 4.30. The molecule has 0 unspecified atom stereocenters. The Morgan fingerprint density at radius 3 is 2.94 bits per heavy atom. The maximum atomic E-state index is 12.1. The molecule has 2 N–H and O–H groups in total. The van der Waals surface area contributed by atoms with Crippen LogP contribution in [0.25, 0.3) is 0 Å². The Labute approximate surface area is 107 Å². The van der Waals surface area contributed by atoms with E-state index >= 15 is 0 Å². The van der Waals surface area contributed by atoms with Gasteiger partial charge in [0.25, 0.3) is 5.91 Å². The fourth-order valence-electron chi connectivity index (χ4n) is 1.49. The first kappa shape index (κ1) is 13.6. The second-order valence-electron chi connectivity index (χ2n) is 3.90. The number of nitrogens with zero attached hydrogens (tertiary/aromatic N) is 1. The van der Waals surface area contributed by atoms with Crippen molar-refractivity contribution in [2.24, 2.45) is 0 Å². The molecule has 0 fully saturated rings. The standard InChI is InChI=1S/C13H17ClN2O/c1-3-4-5-8-16(2)13(17)11-9-10(15)6-7-12(11)14/h3,6-7,9H,1,4-5,8,15H2,2H3. The van der Waals surface area contributed by atoms with Crippen LogP contribution >= 0.6 is 11.6 Å². The Bertz CT molecular complexity index is 418. The molecule has 92 valence electrons. The predicted octanol–water partition coefficient (Wildman–Crippen LogP) is 2.96. The summed E-state index contributed by atoms with van der Waals surface area (Å²) in [6, 6.07) is 4.92. The molecule has 0 aliphatic heterocycles. The molecule has 1 aromatic carbocycles. The number of anilines is 1. The molecule has 0 atom stereocenters. The third-order valence-corrected chi connectivity index (χ3v) is 2.80. The first-order valence-electron chi connectivity index (χ1n) is 5.47. The van der Waals surface area contributed by atoms with Gasteiger partial charge in [-0.2, -0.15) is 0 Å². The quantitative estimate of drug-likeness (QED) is 0.498. The van der Waals surface area contributed by atoms with Crippen LogP contribution in [-0.4, -0.2) is 24.4 Å². The minimum Gasteiger partial charge on any atom is -0.399 e. The van der Waals surface area contributed by atoms with Crippen LogP contribution in [0.4, 0.5) is 5.69 Å². The number of carbonyl (C=O) groups excluding carboxylic acids is 1. The van der Waals surface area contributed by atoms with E-state index in [1.807, 2.05) is 6.08 Å². The van der Waals surface area contributed by atoms with Crippen molar-refractivity contribution in [1.29, 1.82) is 0 Å². The van der Waals surface area contributed by atoms with Crippen LogP contribution in [0.3, 0.4) is 0 Å². The van der Waals surface area contributed by atoms with E-state index in [9.17, 15) is 4.79 Å². The van der Waals surface area contributed by atoms with Crippen LogP contribution < -0.4 is 5.73 Å². The number of hydrogen-bond acceptors (Lipinski definition) is 2. The molecule has 1 amide bonds. The average molecular weight is 253 g/mol. The van der Waals surface area contributed by atoms with E-state index in [1.54, 1.807) is 30.1 Å². The lowest BCUT2D eigenvalue weighted by atomic mass is 10.1. The van der Waals surface area contributed by atoms with Gasteiger partial charge in [-0.3, -0.25) is 4.79 Å². The highest BCUT2D eigenvalue weighted by Crippen LogP contribution is 2.20. The molecule has 0 aliphatic carbocycles. The van der Waals surface area contributed by atoms with Crippen molar-refractivity contribution in [3.05, 3.63) is 41.4 Å². The van der Waals surface area contributed by atoms with E-state index in [0.717, 1.165) is 12.8 Å². The first-order valence-corrected chi connectivity index (χ1v) is 5.85. The van der Waals surface area contributed by atoms with Gasteiger partial charge in [0.05, 0.1) is 10.6 Å². The third kappa shape index (κ3) is 3.79. The van der Waals surface area contributed by atoms with Crippen LogP contribution in [0, 0.1) is 0 Å². The van der Waals surface area contributed by atoms with Crippen molar-refractivity contribution in [3.63, 3.8) is 0 Å². The molecule has 0 aliphatic rings. The highest BCUT2D eigenvalue weighted by Gasteiger charge is 2.14. The van der Waals surface area contributed by atoms with E-state index in [-0.39, 0.29) is 5.91 Å². The van der Waals surface area contributed by atoms with Crippen molar-refractivity contribution in [2.45, 2.75) is 12.8 Å².